The minimum Gasteiger partial charge on any atom is -0.492 e. The van der Waals surface area contributed by atoms with Gasteiger partial charge < -0.3 is 14.5 Å². The van der Waals surface area contributed by atoms with E-state index in [4.69, 9.17) is 25.9 Å². The van der Waals surface area contributed by atoms with Gasteiger partial charge in [0.2, 0.25) is 0 Å². The summed E-state index contributed by atoms with van der Waals surface area (Å²) < 4.78 is 12.6. The number of nitrogens with zero attached hydrogens (tertiary/aromatic N) is 3. The molecule has 2 heterocycles. The maximum Gasteiger partial charge on any atom is 0.262 e. The largest absolute Gasteiger partial charge is 0.492 e. The van der Waals surface area contributed by atoms with Crippen LogP contribution in [0.2, 0.25) is 5.02 Å². The number of amides is 1. The number of carbonyl (C=O) groups is 1. The molecule has 0 radical (unpaired) electrons. The summed E-state index contributed by atoms with van der Waals surface area (Å²) in [4.78, 5) is 12.7. The smallest absolute Gasteiger partial charge is 0.262 e. The topological polar surface area (TPSA) is 93.1 Å². The van der Waals surface area contributed by atoms with Gasteiger partial charge in [0, 0.05) is 17.3 Å². The highest BCUT2D eigenvalue weighted by Crippen LogP contribution is 2.32. The quantitative estimate of drug-likeness (QED) is 0.238. The van der Waals surface area contributed by atoms with Crippen LogP contribution in [0.25, 0.3) is 23.0 Å². The number of aromatic nitrogens is 2. The van der Waals surface area contributed by atoms with Gasteiger partial charge in [0.15, 0.2) is 0 Å². The first kappa shape index (κ1) is 23.9. The van der Waals surface area contributed by atoms with Gasteiger partial charge in [0.05, 0.1) is 30.1 Å². The Kier molecular flexibility index (Phi) is 7.66. The number of nitrogens with one attached hydrogen (secondary N) is 1. The van der Waals surface area contributed by atoms with E-state index in [2.05, 4.69) is 5.32 Å². The molecule has 0 aliphatic rings. The molecule has 0 spiro atoms. The number of ether oxygens (including phenoxy) is 1. The van der Waals surface area contributed by atoms with Crippen molar-refractivity contribution in [1.29, 1.82) is 5.26 Å². The van der Waals surface area contributed by atoms with Crippen LogP contribution in [0.4, 0.5) is 0 Å². The van der Waals surface area contributed by atoms with Crippen molar-refractivity contribution in [3.63, 3.8) is 0 Å². The van der Waals surface area contributed by atoms with E-state index >= 15 is 0 Å². The van der Waals surface area contributed by atoms with Gasteiger partial charge in [-0.15, -0.1) is 0 Å². The molecule has 35 heavy (non-hydrogen) atoms. The highest BCUT2D eigenvalue weighted by molar-refractivity contribution is 6.32. The fourth-order valence-corrected chi connectivity index (χ4v) is 3.62. The highest BCUT2D eigenvalue weighted by atomic mass is 35.5. The van der Waals surface area contributed by atoms with Crippen LogP contribution in [0.15, 0.2) is 83.1 Å². The van der Waals surface area contributed by atoms with Crippen LogP contribution in [0.5, 0.6) is 5.75 Å². The number of hydrogen-bond acceptors (Lipinski definition) is 5. The number of halogens is 1. The summed E-state index contributed by atoms with van der Waals surface area (Å²) in [5, 5.41) is 17.6. The molecule has 0 unspecified atom stereocenters. The van der Waals surface area contributed by atoms with E-state index in [0.29, 0.717) is 34.4 Å². The van der Waals surface area contributed by atoms with Crippen molar-refractivity contribution >= 4 is 23.6 Å². The van der Waals surface area contributed by atoms with E-state index in [9.17, 15) is 10.1 Å². The zero-order valence-corrected chi connectivity index (χ0v) is 19.8. The molecule has 0 aliphatic carbocycles. The van der Waals surface area contributed by atoms with Gasteiger partial charge in [-0.25, -0.2) is 4.68 Å². The van der Waals surface area contributed by atoms with Gasteiger partial charge in [-0.2, -0.15) is 10.4 Å². The number of carbonyl (C=O) groups excluding carboxylic acids is 1. The van der Waals surface area contributed by atoms with Gasteiger partial charge in [-0.1, -0.05) is 36.7 Å². The Balaban J connectivity index is 1.71. The van der Waals surface area contributed by atoms with E-state index < -0.39 is 5.91 Å². The predicted molar refractivity (Wildman–Crippen MR) is 134 cm³/mol. The molecule has 0 aliphatic heterocycles. The normalized spacial score (nSPS) is 11.2. The van der Waals surface area contributed by atoms with E-state index in [1.54, 1.807) is 35.1 Å². The second-order valence-electron chi connectivity index (χ2n) is 7.64. The molecular formula is C27H23ClN4O3. The van der Waals surface area contributed by atoms with Gasteiger partial charge in [0.25, 0.3) is 5.91 Å². The zero-order valence-electron chi connectivity index (χ0n) is 19.1. The van der Waals surface area contributed by atoms with Gasteiger partial charge in [-0.3, -0.25) is 4.79 Å². The fraction of sp³-hybridized carbons (Fsp3) is 0.148. The van der Waals surface area contributed by atoms with Crippen LogP contribution in [0.3, 0.4) is 0 Å². The lowest BCUT2D eigenvalue weighted by atomic mass is 10.1. The summed E-state index contributed by atoms with van der Waals surface area (Å²) >= 11 is 6.46. The summed E-state index contributed by atoms with van der Waals surface area (Å²) in [6, 6.07) is 20.5. The molecule has 1 amide bonds. The lowest BCUT2D eigenvalue weighted by Gasteiger charge is -2.08. The van der Waals surface area contributed by atoms with Crippen LogP contribution in [-0.2, 0) is 11.3 Å². The van der Waals surface area contributed by atoms with Crippen molar-refractivity contribution < 1.29 is 13.9 Å². The Morgan fingerprint density at radius 3 is 2.74 bits per heavy atom. The first-order chi connectivity index (χ1) is 17.1. The minimum absolute atomic E-state index is 0.0561. The summed E-state index contributed by atoms with van der Waals surface area (Å²) in [6.45, 7) is 2.76. The summed E-state index contributed by atoms with van der Waals surface area (Å²) in [6.07, 6.45) is 5.69. The standard InChI is InChI=1S/C27H23ClN4O3/c1-2-12-35-25-11-10-19(15-24(25)28)26-21(18-32(31-26)22-7-4-3-5-8-22)14-20(16-29)27(33)30-17-23-9-6-13-34-23/h3-11,13-15,18H,2,12,17H2,1H3,(H,30,33). The highest BCUT2D eigenvalue weighted by Gasteiger charge is 2.16. The molecule has 2 aromatic heterocycles. The second kappa shape index (κ2) is 11.2. The molecule has 176 valence electrons. The third kappa shape index (κ3) is 5.81. The predicted octanol–water partition coefficient (Wildman–Crippen LogP) is 5.80. The molecule has 4 rings (SSSR count). The third-order valence-electron chi connectivity index (χ3n) is 5.10. The maximum atomic E-state index is 12.7. The van der Waals surface area contributed by atoms with Gasteiger partial charge in [-0.05, 0) is 55.0 Å². The van der Waals surface area contributed by atoms with Crippen molar-refractivity contribution in [2.75, 3.05) is 6.61 Å². The molecule has 8 heteroatoms. The SMILES string of the molecule is CCCOc1ccc(-c2nn(-c3ccccc3)cc2C=C(C#N)C(=O)NCc2ccco2)cc1Cl. The second-order valence-corrected chi connectivity index (χ2v) is 8.05. The molecule has 0 saturated carbocycles. The van der Waals surface area contributed by atoms with E-state index in [1.807, 2.05) is 49.4 Å². The van der Waals surface area contributed by atoms with Crippen LogP contribution in [0, 0.1) is 11.3 Å². The number of furan rings is 1. The van der Waals surface area contributed by atoms with Crippen LogP contribution < -0.4 is 10.1 Å². The first-order valence-electron chi connectivity index (χ1n) is 11.1. The first-order valence-corrected chi connectivity index (χ1v) is 11.5. The van der Waals surface area contributed by atoms with Crippen molar-refractivity contribution in [3.05, 3.63) is 95.0 Å². The van der Waals surface area contributed by atoms with Gasteiger partial charge in [0.1, 0.15) is 28.8 Å². The summed E-state index contributed by atoms with van der Waals surface area (Å²) in [7, 11) is 0. The van der Waals surface area contributed by atoms with Crippen LogP contribution in [0.1, 0.15) is 24.7 Å². The molecular weight excluding hydrogens is 464 g/mol. The van der Waals surface area contributed by atoms with Crippen LogP contribution >= 0.6 is 11.6 Å². The molecule has 4 aromatic rings. The lowest BCUT2D eigenvalue weighted by Crippen LogP contribution is -2.23. The zero-order chi connectivity index (χ0) is 24.6. The van der Waals surface area contributed by atoms with E-state index in [0.717, 1.165) is 17.7 Å². The number of rotatable bonds is 9. The fourth-order valence-electron chi connectivity index (χ4n) is 3.39. The molecule has 2 aromatic carbocycles. The van der Waals surface area contributed by atoms with Crippen molar-refractivity contribution in [3.8, 4) is 28.8 Å². The Bertz CT molecular complexity index is 1370. The van der Waals surface area contributed by atoms with Crippen LogP contribution in [-0.4, -0.2) is 22.3 Å². The van der Waals surface area contributed by atoms with Crippen molar-refractivity contribution in [1.82, 2.24) is 15.1 Å². The molecule has 0 fully saturated rings. The van der Waals surface area contributed by atoms with Gasteiger partial charge >= 0.3 is 0 Å². The molecule has 0 atom stereocenters. The molecule has 0 saturated heterocycles. The summed E-state index contributed by atoms with van der Waals surface area (Å²) in [5.41, 5.74) is 2.68. The van der Waals surface area contributed by atoms with Crippen molar-refractivity contribution in [2.45, 2.75) is 19.9 Å². The number of para-hydroxylation sites is 1. The monoisotopic (exact) mass is 486 g/mol. The van der Waals surface area contributed by atoms with E-state index in [1.165, 1.54) is 12.3 Å². The van der Waals surface area contributed by atoms with Crippen molar-refractivity contribution in [2.24, 2.45) is 0 Å². The Morgan fingerprint density at radius 2 is 2.06 bits per heavy atom. The average molecular weight is 487 g/mol. The Morgan fingerprint density at radius 1 is 1.23 bits per heavy atom. The number of hydrogen-bond donors (Lipinski definition) is 1. The Hall–Kier alpha value is -4.28. The number of nitriles is 1. The minimum atomic E-state index is -0.511. The molecule has 7 nitrogen and oxygen atoms in total. The summed E-state index contributed by atoms with van der Waals surface area (Å²) in [5.74, 6) is 0.670. The maximum absolute atomic E-state index is 12.7. The Labute approximate surface area is 208 Å². The van der Waals surface area contributed by atoms with E-state index in [-0.39, 0.29) is 12.1 Å². The number of benzene rings is 2. The third-order valence-corrected chi connectivity index (χ3v) is 5.39. The molecule has 1 N–H and O–H groups in total. The molecule has 0 bridgehead atoms. The lowest BCUT2D eigenvalue weighted by molar-refractivity contribution is -0.117. The average Bonchev–Trinajstić information content (AvgIpc) is 3.56.